The molecule has 4 nitrogen and oxygen atoms in total. The molecule has 0 radical (unpaired) electrons. The van der Waals surface area contributed by atoms with E-state index in [4.69, 9.17) is 0 Å². The summed E-state index contributed by atoms with van der Waals surface area (Å²) in [5, 5.41) is 0. The van der Waals surface area contributed by atoms with Crippen LogP contribution in [0.15, 0.2) is 71.3 Å². The lowest BCUT2D eigenvalue weighted by Crippen LogP contribution is -2.30. The van der Waals surface area contributed by atoms with E-state index in [1.165, 1.54) is 58.1 Å². The maximum absolute atomic E-state index is 2.55. The lowest BCUT2D eigenvalue weighted by Gasteiger charge is -2.26. The van der Waals surface area contributed by atoms with Crippen LogP contribution in [0.4, 0.5) is 11.4 Å². The third-order valence-electron chi connectivity index (χ3n) is 8.23. The molecule has 0 unspecified atom stereocenters. The molecule has 194 valence electrons. The summed E-state index contributed by atoms with van der Waals surface area (Å²) in [5.74, 6) is 1.10. The van der Waals surface area contributed by atoms with Gasteiger partial charge in [0.1, 0.15) is 0 Å². The molecule has 2 aromatic carbocycles. The third kappa shape index (κ3) is 5.43. The van der Waals surface area contributed by atoms with Gasteiger partial charge in [-0.2, -0.15) is 0 Å². The molecule has 36 heavy (non-hydrogen) atoms. The van der Waals surface area contributed by atoms with Gasteiger partial charge in [0.05, 0.1) is 13.3 Å². The number of nitrogens with zero attached hydrogens (tertiary/aromatic N) is 4. The van der Waals surface area contributed by atoms with Crippen LogP contribution in [-0.4, -0.2) is 36.2 Å². The maximum atomic E-state index is 2.55. The van der Waals surface area contributed by atoms with Crippen molar-refractivity contribution in [1.82, 2.24) is 9.80 Å². The van der Waals surface area contributed by atoms with E-state index in [1.807, 2.05) is 0 Å². The summed E-state index contributed by atoms with van der Waals surface area (Å²) in [6.45, 7) is 22.3. The highest BCUT2D eigenvalue weighted by Crippen LogP contribution is 2.33. The monoisotopic (exact) mass is 486 g/mol. The molecule has 0 atom stereocenters. The van der Waals surface area contributed by atoms with Crippen molar-refractivity contribution < 1.29 is 0 Å². The average molecular weight is 487 g/mol. The predicted octanol–water partition coefficient (Wildman–Crippen LogP) is 8.08. The van der Waals surface area contributed by atoms with Crippen molar-refractivity contribution in [2.75, 3.05) is 36.2 Å². The Balaban J connectivity index is 1.31. The Kier molecular flexibility index (Phi) is 8.02. The van der Waals surface area contributed by atoms with Crippen LogP contribution in [0.3, 0.4) is 0 Å². The van der Waals surface area contributed by atoms with Crippen LogP contribution in [0.2, 0.25) is 0 Å². The van der Waals surface area contributed by atoms with Gasteiger partial charge >= 0.3 is 0 Å². The van der Waals surface area contributed by atoms with Crippen LogP contribution < -0.4 is 9.80 Å². The van der Waals surface area contributed by atoms with Gasteiger partial charge in [-0.15, -0.1) is 0 Å². The van der Waals surface area contributed by atoms with Gasteiger partial charge in [0.25, 0.3) is 0 Å². The Morgan fingerprint density at radius 1 is 0.583 bits per heavy atom. The molecule has 2 aliphatic rings. The number of hydrogen-bond acceptors (Lipinski definition) is 4. The van der Waals surface area contributed by atoms with Crippen molar-refractivity contribution in [3.8, 4) is 0 Å². The van der Waals surface area contributed by atoms with Crippen molar-refractivity contribution in [2.45, 2.75) is 80.1 Å². The second-order valence-electron chi connectivity index (χ2n) is 11.2. The van der Waals surface area contributed by atoms with Crippen LogP contribution >= 0.6 is 0 Å². The number of anilines is 2. The normalized spacial score (nSPS) is 16.6. The Labute approximate surface area is 219 Å². The van der Waals surface area contributed by atoms with Crippen molar-refractivity contribution in [2.24, 2.45) is 0 Å². The molecule has 4 heteroatoms. The first-order valence-corrected chi connectivity index (χ1v) is 13.8. The van der Waals surface area contributed by atoms with Gasteiger partial charge in [0.2, 0.25) is 0 Å². The molecule has 2 aromatic rings. The maximum Gasteiger partial charge on any atom is 0.0946 e. The molecule has 4 rings (SSSR count). The quantitative estimate of drug-likeness (QED) is 0.332. The van der Waals surface area contributed by atoms with E-state index < -0.39 is 0 Å². The second-order valence-corrected chi connectivity index (χ2v) is 11.2. The van der Waals surface area contributed by atoms with Crippen molar-refractivity contribution in [3.63, 3.8) is 0 Å². The average Bonchev–Trinajstić information content (AvgIpc) is 3.32. The minimum absolute atomic E-state index is 0.552. The largest absolute Gasteiger partial charge is 0.356 e. The zero-order valence-electron chi connectivity index (χ0n) is 23.8. The first-order chi connectivity index (χ1) is 17.2. The van der Waals surface area contributed by atoms with E-state index in [-0.39, 0.29) is 0 Å². The summed E-state index contributed by atoms with van der Waals surface area (Å²) >= 11 is 0. The summed E-state index contributed by atoms with van der Waals surface area (Å²) in [5.41, 5.74) is 11.0. The summed E-state index contributed by atoms with van der Waals surface area (Å²) < 4.78 is 0. The van der Waals surface area contributed by atoms with Gasteiger partial charge < -0.3 is 19.6 Å². The Morgan fingerprint density at radius 2 is 0.972 bits per heavy atom. The van der Waals surface area contributed by atoms with E-state index in [2.05, 4.69) is 124 Å². The predicted molar refractivity (Wildman–Crippen MR) is 155 cm³/mol. The van der Waals surface area contributed by atoms with E-state index in [9.17, 15) is 0 Å². The van der Waals surface area contributed by atoms with E-state index in [0.717, 1.165) is 26.4 Å². The number of allylic oxidation sites excluding steroid dienone is 4. The SMILES string of the molecule is CC1=C(C)N(c2cccc(C(C)C)c2)CN1CCCCN1CN(c2cccc(C(C)C)c2)C(C)=C1C. The van der Waals surface area contributed by atoms with Crippen molar-refractivity contribution in [3.05, 3.63) is 82.4 Å². The van der Waals surface area contributed by atoms with Gasteiger partial charge in [0, 0.05) is 47.3 Å². The molecule has 0 amide bonds. The van der Waals surface area contributed by atoms with Crippen molar-refractivity contribution in [1.29, 1.82) is 0 Å². The molecular formula is C32H46N4. The first kappa shape index (κ1) is 26.2. The Hall–Kier alpha value is -2.88. The summed E-state index contributed by atoms with van der Waals surface area (Å²) in [4.78, 5) is 10.1. The summed E-state index contributed by atoms with van der Waals surface area (Å²) in [6.07, 6.45) is 2.41. The molecule has 0 bridgehead atoms. The van der Waals surface area contributed by atoms with E-state index >= 15 is 0 Å². The zero-order chi connectivity index (χ0) is 26.0. The number of unbranched alkanes of at least 4 members (excludes halogenated alkanes) is 1. The smallest absolute Gasteiger partial charge is 0.0946 e. The molecule has 0 aliphatic carbocycles. The topological polar surface area (TPSA) is 13.0 Å². The first-order valence-electron chi connectivity index (χ1n) is 13.8. The van der Waals surface area contributed by atoms with Gasteiger partial charge in [-0.1, -0.05) is 52.0 Å². The minimum atomic E-state index is 0.552. The van der Waals surface area contributed by atoms with Gasteiger partial charge in [0.15, 0.2) is 0 Å². The number of benzene rings is 2. The van der Waals surface area contributed by atoms with Gasteiger partial charge in [-0.3, -0.25) is 0 Å². The number of rotatable bonds is 9. The minimum Gasteiger partial charge on any atom is -0.356 e. The molecular weight excluding hydrogens is 440 g/mol. The van der Waals surface area contributed by atoms with Crippen LogP contribution in [-0.2, 0) is 0 Å². The highest BCUT2D eigenvalue weighted by atomic mass is 15.4. The lowest BCUT2D eigenvalue weighted by atomic mass is 10.0. The molecule has 0 N–H and O–H groups in total. The highest BCUT2D eigenvalue weighted by Gasteiger charge is 2.26. The van der Waals surface area contributed by atoms with Crippen LogP contribution in [0.1, 0.15) is 91.2 Å². The third-order valence-corrected chi connectivity index (χ3v) is 8.23. The number of hydrogen-bond donors (Lipinski definition) is 0. The Bertz CT molecular complexity index is 1040. The zero-order valence-corrected chi connectivity index (χ0v) is 23.8. The van der Waals surface area contributed by atoms with Gasteiger partial charge in [-0.05, 0) is 87.8 Å². The van der Waals surface area contributed by atoms with Gasteiger partial charge in [-0.25, -0.2) is 0 Å². The van der Waals surface area contributed by atoms with E-state index in [0.29, 0.717) is 11.8 Å². The fraction of sp³-hybridized carbons (Fsp3) is 0.500. The lowest BCUT2D eigenvalue weighted by molar-refractivity contribution is 0.329. The molecule has 0 spiro atoms. The molecule has 2 aliphatic heterocycles. The fourth-order valence-corrected chi connectivity index (χ4v) is 5.35. The molecule has 0 saturated heterocycles. The fourth-order valence-electron chi connectivity index (χ4n) is 5.35. The Morgan fingerprint density at radius 3 is 1.33 bits per heavy atom. The van der Waals surface area contributed by atoms with E-state index in [1.54, 1.807) is 0 Å². The van der Waals surface area contributed by atoms with Crippen LogP contribution in [0.5, 0.6) is 0 Å². The highest BCUT2D eigenvalue weighted by molar-refractivity contribution is 5.57. The van der Waals surface area contributed by atoms with Crippen LogP contribution in [0, 0.1) is 0 Å². The molecule has 2 heterocycles. The summed E-state index contributed by atoms with van der Waals surface area (Å²) in [7, 11) is 0. The van der Waals surface area contributed by atoms with Crippen LogP contribution in [0.25, 0.3) is 0 Å². The van der Waals surface area contributed by atoms with Crippen molar-refractivity contribution >= 4 is 11.4 Å². The molecule has 0 aromatic heterocycles. The second kappa shape index (κ2) is 11.0. The molecule has 0 fully saturated rings. The summed E-state index contributed by atoms with van der Waals surface area (Å²) in [6, 6.07) is 18.1. The molecule has 0 saturated carbocycles. The standard InChI is InChI=1S/C32H46N4/c1-23(2)29-13-11-15-31(19-29)35-21-33(25(5)27(35)7)17-9-10-18-34-22-36(28(8)26(34)6)32-16-12-14-30(20-32)24(3)4/h11-16,19-20,23-24H,9-10,17-18,21-22H2,1-8H3.